The Hall–Kier alpha value is -2.18. The molecule has 6 heteroatoms. The van der Waals surface area contributed by atoms with Crippen LogP contribution in [0.5, 0.6) is 0 Å². The van der Waals surface area contributed by atoms with Crippen molar-refractivity contribution in [2.45, 2.75) is 63.3 Å². The molecule has 1 spiro atoms. The molecule has 6 rings (SSSR count). The number of amides is 1. The first kappa shape index (κ1) is 17.7. The van der Waals surface area contributed by atoms with E-state index in [1.54, 1.807) is 0 Å². The van der Waals surface area contributed by atoms with Crippen molar-refractivity contribution < 1.29 is 4.79 Å². The van der Waals surface area contributed by atoms with Gasteiger partial charge in [0.25, 0.3) is 0 Å². The van der Waals surface area contributed by atoms with Gasteiger partial charge >= 0.3 is 0 Å². The van der Waals surface area contributed by atoms with Crippen LogP contribution in [0, 0.1) is 12.3 Å². The summed E-state index contributed by atoms with van der Waals surface area (Å²) in [6.45, 7) is 5.24. The van der Waals surface area contributed by atoms with Gasteiger partial charge in [-0.25, -0.2) is 4.98 Å². The smallest absolute Gasteiger partial charge is 0.207 e. The van der Waals surface area contributed by atoms with Crippen molar-refractivity contribution in [3.63, 3.8) is 0 Å². The molecule has 6 nitrogen and oxygen atoms in total. The Bertz CT molecular complexity index is 940. The van der Waals surface area contributed by atoms with E-state index < -0.39 is 0 Å². The topological polar surface area (TPSA) is 62.2 Å². The van der Waals surface area contributed by atoms with Crippen molar-refractivity contribution in [1.82, 2.24) is 25.1 Å². The Morgan fingerprint density at radius 1 is 1.31 bits per heavy atom. The summed E-state index contributed by atoms with van der Waals surface area (Å²) in [4.78, 5) is 18.7. The number of imidazole rings is 1. The number of hydrogen-bond donors (Lipinski definition) is 2. The van der Waals surface area contributed by atoms with Crippen LogP contribution in [0.4, 0.5) is 0 Å². The second-order valence-electron chi connectivity index (χ2n) is 9.22. The van der Waals surface area contributed by atoms with E-state index in [0.717, 1.165) is 51.0 Å². The van der Waals surface area contributed by atoms with E-state index >= 15 is 0 Å². The minimum atomic E-state index is 0.105. The summed E-state index contributed by atoms with van der Waals surface area (Å²) in [6, 6.07) is 12.6. The number of hydrogen-bond acceptors (Lipinski definition) is 4. The van der Waals surface area contributed by atoms with E-state index in [2.05, 4.69) is 39.2 Å². The highest BCUT2D eigenvalue weighted by Gasteiger charge is 2.81. The molecule has 1 aromatic heterocycles. The second kappa shape index (κ2) is 6.41. The minimum Gasteiger partial charge on any atom is -0.352 e. The Balaban J connectivity index is 1.14. The first-order valence-electron chi connectivity index (χ1n) is 11.0. The number of carbonyl (C=O) groups excluding carboxylic acids is 1. The van der Waals surface area contributed by atoms with Gasteiger partial charge in [0.15, 0.2) is 0 Å². The van der Waals surface area contributed by atoms with Gasteiger partial charge in [0.05, 0.1) is 11.7 Å². The Kier molecular flexibility index (Phi) is 3.90. The third-order valence-corrected chi connectivity index (χ3v) is 8.05. The van der Waals surface area contributed by atoms with Crippen LogP contribution >= 0.6 is 0 Å². The molecule has 2 saturated carbocycles. The number of rotatable bonds is 7. The van der Waals surface area contributed by atoms with Crippen LogP contribution in [0.2, 0.25) is 0 Å². The summed E-state index contributed by atoms with van der Waals surface area (Å²) in [5, 5.41) is 6.47. The standard InChI is InChI=1S/C23H29N5O/c1-15-26-18-13-24-9-7-19(18)28(15)21-11-20-23(21)12-22(23)27(20)10-8-17(25-14-29)16-5-3-2-4-6-16/h2-6,14,17,20-22,24H,7-13H2,1H3,(H,25,29). The van der Waals surface area contributed by atoms with Gasteiger partial charge in [-0.1, -0.05) is 30.3 Å². The van der Waals surface area contributed by atoms with Crippen LogP contribution in [-0.4, -0.2) is 46.0 Å². The van der Waals surface area contributed by atoms with Crippen molar-refractivity contribution in [1.29, 1.82) is 0 Å². The highest BCUT2D eigenvalue weighted by Crippen LogP contribution is 2.78. The first-order valence-corrected chi connectivity index (χ1v) is 11.0. The molecular formula is C23H29N5O. The van der Waals surface area contributed by atoms with Gasteiger partial charge in [-0.05, 0) is 31.7 Å². The van der Waals surface area contributed by atoms with Gasteiger partial charge in [-0.15, -0.1) is 0 Å². The fourth-order valence-electron chi connectivity index (χ4n) is 6.64. The SMILES string of the molecule is Cc1nc2c(n1C1CC3N(CCC(NC=O)c4ccccc4)C4CC341)CCNC2. The highest BCUT2D eigenvalue weighted by atomic mass is 16.1. The van der Waals surface area contributed by atoms with Gasteiger partial charge in [0.1, 0.15) is 5.82 Å². The Morgan fingerprint density at radius 3 is 2.97 bits per heavy atom. The summed E-state index contributed by atoms with van der Waals surface area (Å²) in [7, 11) is 0. The molecule has 5 unspecified atom stereocenters. The van der Waals surface area contributed by atoms with E-state index in [1.807, 2.05) is 18.2 Å². The maximum Gasteiger partial charge on any atom is 0.207 e. The van der Waals surface area contributed by atoms with Crippen molar-refractivity contribution in [2.24, 2.45) is 5.41 Å². The lowest BCUT2D eigenvalue weighted by molar-refractivity contribution is -0.113. The van der Waals surface area contributed by atoms with Gasteiger partial charge in [-0.2, -0.15) is 0 Å². The predicted molar refractivity (Wildman–Crippen MR) is 110 cm³/mol. The molecule has 4 aliphatic rings. The molecule has 2 N–H and O–H groups in total. The minimum absolute atomic E-state index is 0.105. The number of fused-ring (bicyclic) bond motifs is 1. The molecule has 0 bridgehead atoms. The average molecular weight is 392 g/mol. The summed E-state index contributed by atoms with van der Waals surface area (Å²) < 4.78 is 2.60. The monoisotopic (exact) mass is 391 g/mol. The molecule has 2 aliphatic carbocycles. The van der Waals surface area contributed by atoms with Crippen LogP contribution in [0.15, 0.2) is 30.3 Å². The summed E-state index contributed by atoms with van der Waals surface area (Å²) >= 11 is 0. The number of aryl methyl sites for hydroxylation is 1. The average Bonchev–Trinajstić information content (AvgIpc) is 3.39. The fourth-order valence-corrected chi connectivity index (χ4v) is 6.64. The molecule has 5 atom stereocenters. The molecule has 29 heavy (non-hydrogen) atoms. The lowest BCUT2D eigenvalue weighted by Crippen LogP contribution is -2.67. The maximum atomic E-state index is 11.1. The molecule has 0 radical (unpaired) electrons. The highest BCUT2D eigenvalue weighted by molar-refractivity contribution is 5.47. The van der Waals surface area contributed by atoms with Gasteiger partial charge < -0.3 is 15.2 Å². The number of carbonyl (C=O) groups is 1. The van der Waals surface area contributed by atoms with E-state index in [-0.39, 0.29) is 6.04 Å². The van der Waals surface area contributed by atoms with Crippen molar-refractivity contribution in [2.75, 3.05) is 13.1 Å². The van der Waals surface area contributed by atoms with Gasteiger partial charge in [-0.3, -0.25) is 9.69 Å². The third-order valence-electron chi connectivity index (χ3n) is 8.05. The summed E-state index contributed by atoms with van der Waals surface area (Å²) in [5.41, 5.74) is 4.47. The zero-order valence-corrected chi connectivity index (χ0v) is 17.0. The fraction of sp³-hybridized carbons (Fsp3) is 0.565. The lowest BCUT2D eigenvalue weighted by atomic mass is 9.64. The molecule has 1 amide bonds. The maximum absolute atomic E-state index is 11.1. The van der Waals surface area contributed by atoms with Crippen LogP contribution in [-0.2, 0) is 17.8 Å². The van der Waals surface area contributed by atoms with Gasteiger partial charge in [0, 0.05) is 55.3 Å². The van der Waals surface area contributed by atoms with E-state index in [4.69, 9.17) is 4.98 Å². The van der Waals surface area contributed by atoms with Crippen LogP contribution in [0.1, 0.15) is 54.1 Å². The first-order chi connectivity index (χ1) is 14.2. The predicted octanol–water partition coefficient (Wildman–Crippen LogP) is 2.10. The van der Waals surface area contributed by atoms with Crippen molar-refractivity contribution >= 4 is 6.41 Å². The summed E-state index contributed by atoms with van der Waals surface area (Å²) in [5.74, 6) is 1.21. The number of piperidine rings is 1. The molecular weight excluding hydrogens is 362 g/mol. The molecule has 2 aromatic rings. The van der Waals surface area contributed by atoms with Crippen molar-refractivity contribution in [3.8, 4) is 0 Å². The van der Waals surface area contributed by atoms with Crippen LogP contribution < -0.4 is 10.6 Å². The largest absolute Gasteiger partial charge is 0.352 e. The van der Waals surface area contributed by atoms with E-state index in [0.29, 0.717) is 11.5 Å². The second-order valence-corrected chi connectivity index (χ2v) is 9.22. The number of nitrogens with one attached hydrogen (secondary N) is 2. The normalized spacial score (nSPS) is 32.8. The van der Waals surface area contributed by atoms with E-state index in [9.17, 15) is 4.79 Å². The third kappa shape index (κ3) is 2.42. The number of likely N-dealkylation sites (tertiary alicyclic amines) is 1. The molecule has 3 heterocycles. The molecule has 1 aromatic carbocycles. The molecule has 1 saturated heterocycles. The lowest BCUT2D eigenvalue weighted by Gasteiger charge is -2.61. The van der Waals surface area contributed by atoms with Crippen LogP contribution in [0.3, 0.4) is 0 Å². The van der Waals surface area contributed by atoms with Crippen LogP contribution in [0.25, 0.3) is 0 Å². The number of benzene rings is 1. The number of aromatic nitrogens is 2. The Morgan fingerprint density at radius 2 is 2.17 bits per heavy atom. The Labute approximate surface area is 171 Å². The molecule has 3 fully saturated rings. The zero-order chi connectivity index (χ0) is 19.6. The van der Waals surface area contributed by atoms with Gasteiger partial charge in [0.2, 0.25) is 6.41 Å². The zero-order valence-electron chi connectivity index (χ0n) is 17.0. The summed E-state index contributed by atoms with van der Waals surface area (Å²) in [6.07, 6.45) is 5.52. The molecule has 2 aliphatic heterocycles. The van der Waals surface area contributed by atoms with E-state index in [1.165, 1.54) is 35.6 Å². The molecule has 152 valence electrons. The van der Waals surface area contributed by atoms with Crippen molar-refractivity contribution in [3.05, 3.63) is 53.1 Å². The number of nitrogens with zero attached hydrogens (tertiary/aromatic N) is 3. The quantitative estimate of drug-likeness (QED) is 0.710.